The Bertz CT molecular complexity index is 459. The maximum atomic E-state index is 12.2. The predicted octanol–water partition coefficient (Wildman–Crippen LogP) is 1.39. The van der Waals surface area contributed by atoms with Crippen LogP contribution in [0, 0.1) is 12.8 Å². The van der Waals surface area contributed by atoms with Gasteiger partial charge in [0.1, 0.15) is 5.75 Å². The monoisotopic (exact) mass is 263 g/mol. The Morgan fingerprint density at radius 3 is 2.95 bits per heavy atom. The van der Waals surface area contributed by atoms with Crippen LogP contribution < -0.4 is 4.74 Å². The van der Waals surface area contributed by atoms with Crippen molar-refractivity contribution in [2.45, 2.75) is 19.8 Å². The van der Waals surface area contributed by atoms with E-state index in [0.717, 1.165) is 29.8 Å². The zero-order valence-corrected chi connectivity index (χ0v) is 11.6. The first-order valence-electron chi connectivity index (χ1n) is 6.66. The summed E-state index contributed by atoms with van der Waals surface area (Å²) in [6.07, 6.45) is 1.30. The molecule has 19 heavy (non-hydrogen) atoms. The number of likely N-dealkylation sites (tertiary alicyclic amines) is 1. The number of amides is 1. The first kappa shape index (κ1) is 13.9. The average Bonchev–Trinajstić information content (AvgIpc) is 2.90. The van der Waals surface area contributed by atoms with Crippen molar-refractivity contribution in [2.24, 2.45) is 5.92 Å². The molecular formula is C15H21NO3. The van der Waals surface area contributed by atoms with E-state index in [1.165, 1.54) is 0 Å². The minimum absolute atomic E-state index is 0.127. The maximum Gasteiger partial charge on any atom is 0.227 e. The lowest BCUT2D eigenvalue weighted by atomic mass is 10.1. The molecule has 0 bridgehead atoms. The molecule has 0 aliphatic carbocycles. The summed E-state index contributed by atoms with van der Waals surface area (Å²) < 4.78 is 5.27. The summed E-state index contributed by atoms with van der Waals surface area (Å²) in [5.41, 5.74) is 2.04. The van der Waals surface area contributed by atoms with Gasteiger partial charge >= 0.3 is 0 Å². The summed E-state index contributed by atoms with van der Waals surface area (Å²) in [4.78, 5) is 14.0. The molecule has 1 atom stereocenters. The molecule has 2 rings (SSSR count). The minimum Gasteiger partial charge on any atom is -0.496 e. The van der Waals surface area contributed by atoms with Crippen molar-refractivity contribution < 1.29 is 14.6 Å². The first-order valence-corrected chi connectivity index (χ1v) is 6.66. The van der Waals surface area contributed by atoms with Crippen LogP contribution in [-0.2, 0) is 11.2 Å². The lowest BCUT2D eigenvalue weighted by Crippen LogP contribution is -2.30. The van der Waals surface area contributed by atoms with Crippen molar-refractivity contribution in [2.75, 3.05) is 26.8 Å². The number of ether oxygens (including phenoxy) is 1. The molecule has 0 saturated carbocycles. The van der Waals surface area contributed by atoms with Gasteiger partial charge in [0.25, 0.3) is 0 Å². The van der Waals surface area contributed by atoms with Gasteiger partial charge in [-0.15, -0.1) is 0 Å². The minimum atomic E-state index is 0.127. The molecule has 1 aromatic rings. The Kier molecular flexibility index (Phi) is 4.43. The molecule has 1 aliphatic rings. The Labute approximate surface area is 114 Å². The van der Waals surface area contributed by atoms with Crippen molar-refractivity contribution in [1.82, 2.24) is 4.90 Å². The number of aryl methyl sites for hydroxylation is 1. The SMILES string of the molecule is COc1cc(CC(=O)N2CCC(CO)C2)ccc1C. The first-order chi connectivity index (χ1) is 9.13. The summed E-state index contributed by atoms with van der Waals surface area (Å²) in [5, 5.41) is 9.10. The normalized spacial score (nSPS) is 18.7. The highest BCUT2D eigenvalue weighted by Crippen LogP contribution is 2.21. The fraction of sp³-hybridized carbons (Fsp3) is 0.533. The molecular weight excluding hydrogens is 242 g/mol. The third kappa shape index (κ3) is 3.26. The number of methoxy groups -OCH3 is 1. The van der Waals surface area contributed by atoms with E-state index in [0.29, 0.717) is 13.0 Å². The summed E-state index contributed by atoms with van der Waals surface area (Å²) >= 11 is 0. The van der Waals surface area contributed by atoms with E-state index in [-0.39, 0.29) is 18.4 Å². The second kappa shape index (κ2) is 6.06. The molecule has 1 aliphatic heterocycles. The number of rotatable bonds is 4. The third-order valence-corrected chi connectivity index (χ3v) is 3.72. The van der Waals surface area contributed by atoms with Crippen LogP contribution in [0.1, 0.15) is 17.5 Å². The predicted molar refractivity (Wildman–Crippen MR) is 73.2 cm³/mol. The smallest absolute Gasteiger partial charge is 0.227 e. The van der Waals surface area contributed by atoms with Crippen molar-refractivity contribution in [3.8, 4) is 5.75 Å². The largest absolute Gasteiger partial charge is 0.496 e. The standard InChI is InChI=1S/C15H21NO3/c1-11-3-4-12(7-14(11)19-2)8-15(18)16-6-5-13(9-16)10-17/h3-4,7,13,17H,5-6,8-10H2,1-2H3. The van der Waals surface area contributed by atoms with Gasteiger partial charge in [0.15, 0.2) is 0 Å². The third-order valence-electron chi connectivity index (χ3n) is 3.72. The zero-order chi connectivity index (χ0) is 13.8. The van der Waals surface area contributed by atoms with Crippen LogP contribution in [0.15, 0.2) is 18.2 Å². The molecule has 1 unspecified atom stereocenters. The highest BCUT2D eigenvalue weighted by molar-refractivity contribution is 5.79. The van der Waals surface area contributed by atoms with Crippen LogP contribution in [0.3, 0.4) is 0 Å². The van der Waals surface area contributed by atoms with Crippen LogP contribution in [0.5, 0.6) is 5.75 Å². The van der Waals surface area contributed by atoms with Crippen LogP contribution in [-0.4, -0.2) is 42.7 Å². The summed E-state index contributed by atoms with van der Waals surface area (Å²) in [7, 11) is 1.64. The van der Waals surface area contributed by atoms with Crippen molar-refractivity contribution >= 4 is 5.91 Å². The van der Waals surface area contributed by atoms with E-state index in [2.05, 4.69) is 0 Å². The molecule has 4 nitrogen and oxygen atoms in total. The molecule has 0 radical (unpaired) electrons. The summed E-state index contributed by atoms with van der Waals surface area (Å²) in [5.74, 6) is 1.19. The number of aliphatic hydroxyl groups excluding tert-OH is 1. The molecule has 1 fully saturated rings. The van der Waals surface area contributed by atoms with Crippen molar-refractivity contribution in [3.63, 3.8) is 0 Å². The van der Waals surface area contributed by atoms with Gasteiger partial charge in [-0.25, -0.2) is 0 Å². The molecule has 1 amide bonds. The van der Waals surface area contributed by atoms with Crippen LogP contribution in [0.4, 0.5) is 0 Å². The fourth-order valence-electron chi connectivity index (χ4n) is 2.47. The number of aliphatic hydroxyl groups is 1. The Hall–Kier alpha value is -1.55. The van der Waals surface area contributed by atoms with E-state index in [1.54, 1.807) is 7.11 Å². The molecule has 1 aromatic carbocycles. The quantitative estimate of drug-likeness (QED) is 0.893. The second-order valence-electron chi connectivity index (χ2n) is 5.16. The van der Waals surface area contributed by atoms with E-state index in [1.807, 2.05) is 30.0 Å². The summed E-state index contributed by atoms with van der Waals surface area (Å²) in [6.45, 7) is 3.59. The number of carbonyl (C=O) groups is 1. The Balaban J connectivity index is 1.99. The van der Waals surface area contributed by atoms with Gasteiger partial charge in [0.2, 0.25) is 5.91 Å². The van der Waals surface area contributed by atoms with Gasteiger partial charge < -0.3 is 14.7 Å². The number of hydrogen-bond donors (Lipinski definition) is 1. The number of nitrogens with zero attached hydrogens (tertiary/aromatic N) is 1. The van der Waals surface area contributed by atoms with Crippen molar-refractivity contribution in [3.05, 3.63) is 29.3 Å². The molecule has 1 N–H and O–H groups in total. The van der Waals surface area contributed by atoms with Gasteiger partial charge in [-0.1, -0.05) is 12.1 Å². The van der Waals surface area contributed by atoms with E-state index < -0.39 is 0 Å². The maximum absolute atomic E-state index is 12.2. The van der Waals surface area contributed by atoms with E-state index in [9.17, 15) is 4.79 Å². The lowest BCUT2D eigenvalue weighted by Gasteiger charge is -2.16. The van der Waals surface area contributed by atoms with Gasteiger partial charge in [-0.05, 0) is 30.5 Å². The Morgan fingerprint density at radius 1 is 1.53 bits per heavy atom. The number of carbonyl (C=O) groups excluding carboxylic acids is 1. The zero-order valence-electron chi connectivity index (χ0n) is 11.6. The van der Waals surface area contributed by atoms with Crippen LogP contribution in [0.2, 0.25) is 0 Å². The van der Waals surface area contributed by atoms with Crippen LogP contribution in [0.25, 0.3) is 0 Å². The molecule has 1 saturated heterocycles. The average molecular weight is 263 g/mol. The molecule has 104 valence electrons. The molecule has 1 heterocycles. The topological polar surface area (TPSA) is 49.8 Å². The van der Waals surface area contributed by atoms with Gasteiger partial charge in [-0.3, -0.25) is 4.79 Å². The highest BCUT2D eigenvalue weighted by Gasteiger charge is 2.25. The molecule has 0 spiro atoms. The fourth-order valence-corrected chi connectivity index (χ4v) is 2.47. The van der Waals surface area contributed by atoms with Gasteiger partial charge in [0.05, 0.1) is 13.5 Å². The van der Waals surface area contributed by atoms with Gasteiger partial charge in [0, 0.05) is 25.6 Å². The van der Waals surface area contributed by atoms with Crippen LogP contribution >= 0.6 is 0 Å². The summed E-state index contributed by atoms with van der Waals surface area (Å²) in [6, 6.07) is 5.87. The number of benzene rings is 1. The number of hydrogen-bond acceptors (Lipinski definition) is 3. The molecule has 0 aromatic heterocycles. The second-order valence-corrected chi connectivity index (χ2v) is 5.16. The Morgan fingerprint density at radius 2 is 2.32 bits per heavy atom. The highest BCUT2D eigenvalue weighted by atomic mass is 16.5. The van der Waals surface area contributed by atoms with Gasteiger partial charge in [-0.2, -0.15) is 0 Å². The molecule has 4 heteroatoms. The lowest BCUT2D eigenvalue weighted by molar-refractivity contribution is -0.129. The van der Waals surface area contributed by atoms with E-state index in [4.69, 9.17) is 9.84 Å². The van der Waals surface area contributed by atoms with Crippen molar-refractivity contribution in [1.29, 1.82) is 0 Å². The van der Waals surface area contributed by atoms with E-state index >= 15 is 0 Å².